The lowest BCUT2D eigenvalue weighted by Crippen LogP contribution is -2.52. The number of anilines is 1. The van der Waals surface area contributed by atoms with E-state index in [1.54, 1.807) is 0 Å². The smallest absolute Gasteiger partial charge is 0.319 e. The summed E-state index contributed by atoms with van der Waals surface area (Å²) in [6.07, 6.45) is -1.54. The van der Waals surface area contributed by atoms with Crippen molar-refractivity contribution >= 4 is 23.5 Å². The lowest BCUT2D eigenvalue weighted by molar-refractivity contribution is -0.125. The van der Waals surface area contributed by atoms with Crippen LogP contribution in [0.15, 0.2) is 35.9 Å². The number of aliphatic hydroxyl groups is 2. The molecule has 0 heterocycles. The number of hydrogen-bond donors (Lipinski definition) is 6. The highest BCUT2D eigenvalue weighted by molar-refractivity contribution is 5.97. The Morgan fingerprint density at radius 3 is 2.63 bits per heavy atom. The third-order valence-corrected chi connectivity index (χ3v) is 4.02. The SMILES string of the molecule is C[C@@H](NC(=O)C1=C[C@@H](NC(=O)Nc2cccc(F)c2)[C@@H](O)[C@H](O)C1)C(N)=O. The van der Waals surface area contributed by atoms with E-state index in [0.717, 1.165) is 6.07 Å². The molecule has 10 heteroatoms. The van der Waals surface area contributed by atoms with Gasteiger partial charge in [-0.2, -0.15) is 0 Å². The molecule has 1 aromatic rings. The van der Waals surface area contributed by atoms with Crippen LogP contribution in [-0.2, 0) is 9.59 Å². The number of benzene rings is 1. The van der Waals surface area contributed by atoms with Gasteiger partial charge in [0.25, 0.3) is 0 Å². The molecule has 0 saturated heterocycles. The van der Waals surface area contributed by atoms with Gasteiger partial charge in [-0.3, -0.25) is 9.59 Å². The van der Waals surface area contributed by atoms with Crippen molar-refractivity contribution in [3.05, 3.63) is 41.7 Å². The van der Waals surface area contributed by atoms with Gasteiger partial charge in [0.05, 0.1) is 12.1 Å². The second-order valence-corrected chi connectivity index (χ2v) is 6.19. The lowest BCUT2D eigenvalue weighted by atomic mass is 9.90. The molecule has 9 nitrogen and oxygen atoms in total. The maximum atomic E-state index is 13.2. The summed E-state index contributed by atoms with van der Waals surface area (Å²) >= 11 is 0. The molecule has 4 amide bonds. The van der Waals surface area contributed by atoms with Crippen LogP contribution in [0.25, 0.3) is 0 Å². The Labute approximate surface area is 154 Å². The number of amides is 4. The molecule has 0 fully saturated rings. The zero-order valence-corrected chi connectivity index (χ0v) is 14.5. The van der Waals surface area contributed by atoms with Crippen LogP contribution in [0.5, 0.6) is 0 Å². The Kier molecular flexibility index (Phi) is 6.48. The highest BCUT2D eigenvalue weighted by atomic mass is 19.1. The van der Waals surface area contributed by atoms with Gasteiger partial charge in [0, 0.05) is 17.7 Å². The highest BCUT2D eigenvalue weighted by Crippen LogP contribution is 2.20. The average molecular weight is 380 g/mol. The molecule has 0 bridgehead atoms. The number of nitrogens with two attached hydrogens (primary N) is 1. The van der Waals surface area contributed by atoms with Crippen LogP contribution < -0.4 is 21.7 Å². The third kappa shape index (κ3) is 5.50. The predicted molar refractivity (Wildman–Crippen MR) is 93.9 cm³/mol. The molecule has 27 heavy (non-hydrogen) atoms. The average Bonchev–Trinajstić information content (AvgIpc) is 2.58. The van der Waals surface area contributed by atoms with Crippen LogP contribution in [0.3, 0.4) is 0 Å². The van der Waals surface area contributed by atoms with Gasteiger partial charge in [0.15, 0.2) is 0 Å². The number of aliphatic hydroxyl groups excluding tert-OH is 2. The first kappa shape index (κ1) is 20.3. The number of urea groups is 1. The molecule has 0 spiro atoms. The molecule has 2 rings (SSSR count). The number of carbonyl (C=O) groups is 3. The summed E-state index contributed by atoms with van der Waals surface area (Å²) in [6, 6.07) is 2.43. The summed E-state index contributed by atoms with van der Waals surface area (Å²) in [5.74, 6) is -1.92. The number of primary amides is 1. The van der Waals surface area contributed by atoms with Crippen LogP contribution in [0.1, 0.15) is 13.3 Å². The maximum absolute atomic E-state index is 13.2. The molecule has 0 aliphatic heterocycles. The molecule has 0 unspecified atom stereocenters. The van der Waals surface area contributed by atoms with Crippen molar-refractivity contribution in [2.45, 2.75) is 37.6 Å². The normalized spacial score (nSPS) is 23.0. The molecule has 1 aliphatic carbocycles. The zero-order valence-electron chi connectivity index (χ0n) is 14.5. The molecule has 0 aromatic heterocycles. The van der Waals surface area contributed by atoms with E-state index in [9.17, 15) is 29.0 Å². The predicted octanol–water partition coefficient (Wildman–Crippen LogP) is -0.642. The largest absolute Gasteiger partial charge is 0.390 e. The van der Waals surface area contributed by atoms with Crippen LogP contribution in [0.4, 0.5) is 14.9 Å². The van der Waals surface area contributed by atoms with E-state index in [-0.39, 0.29) is 17.7 Å². The summed E-state index contributed by atoms with van der Waals surface area (Å²) in [5, 5.41) is 27.2. The van der Waals surface area contributed by atoms with Crippen molar-refractivity contribution in [1.29, 1.82) is 0 Å². The third-order valence-electron chi connectivity index (χ3n) is 4.02. The van der Waals surface area contributed by atoms with Crippen molar-refractivity contribution in [1.82, 2.24) is 10.6 Å². The minimum Gasteiger partial charge on any atom is -0.390 e. The molecule has 4 atom stereocenters. The summed E-state index contributed by atoms with van der Waals surface area (Å²) in [5.41, 5.74) is 5.36. The van der Waals surface area contributed by atoms with Crippen molar-refractivity contribution in [2.24, 2.45) is 5.73 Å². The standard InChI is InChI=1S/C17H21FN4O5/c1-8(15(19)25)20-16(26)9-5-12(14(24)13(23)6-9)22-17(27)21-11-4-2-3-10(18)7-11/h2-5,7-8,12-14,23-24H,6H2,1H3,(H2,19,25)(H,20,26)(H2,21,22,27)/t8-,12-,13-,14-/m1/s1. The molecule has 146 valence electrons. The van der Waals surface area contributed by atoms with E-state index in [2.05, 4.69) is 16.0 Å². The quantitative estimate of drug-likeness (QED) is 0.401. The fourth-order valence-corrected chi connectivity index (χ4v) is 2.51. The monoisotopic (exact) mass is 380 g/mol. The Balaban J connectivity index is 2.07. The van der Waals surface area contributed by atoms with Crippen molar-refractivity contribution < 1.29 is 29.0 Å². The first-order chi connectivity index (χ1) is 12.7. The summed E-state index contributed by atoms with van der Waals surface area (Å²) in [7, 11) is 0. The molecular weight excluding hydrogens is 359 g/mol. The molecule has 1 aromatic carbocycles. The first-order valence-corrected chi connectivity index (χ1v) is 8.17. The molecular formula is C17H21FN4O5. The summed E-state index contributed by atoms with van der Waals surface area (Å²) in [4.78, 5) is 35.3. The topological polar surface area (TPSA) is 154 Å². The molecule has 0 radical (unpaired) electrons. The van der Waals surface area contributed by atoms with E-state index in [4.69, 9.17) is 5.73 Å². The van der Waals surface area contributed by atoms with Gasteiger partial charge in [0.1, 0.15) is 18.0 Å². The number of halogens is 1. The highest BCUT2D eigenvalue weighted by Gasteiger charge is 2.34. The summed E-state index contributed by atoms with van der Waals surface area (Å²) in [6.45, 7) is 1.40. The number of rotatable bonds is 5. The Morgan fingerprint density at radius 2 is 2.00 bits per heavy atom. The van der Waals surface area contributed by atoms with Gasteiger partial charge >= 0.3 is 6.03 Å². The van der Waals surface area contributed by atoms with Crippen molar-refractivity contribution in [2.75, 3.05) is 5.32 Å². The van der Waals surface area contributed by atoms with E-state index in [0.29, 0.717) is 0 Å². The van der Waals surface area contributed by atoms with Crippen molar-refractivity contribution in [3.63, 3.8) is 0 Å². The van der Waals surface area contributed by atoms with Crippen LogP contribution in [-0.4, -0.2) is 52.4 Å². The van der Waals surface area contributed by atoms with E-state index in [1.165, 1.54) is 31.2 Å². The lowest BCUT2D eigenvalue weighted by Gasteiger charge is -2.31. The molecule has 0 saturated carbocycles. The van der Waals surface area contributed by atoms with Crippen LogP contribution in [0.2, 0.25) is 0 Å². The van der Waals surface area contributed by atoms with Gasteiger partial charge in [0.2, 0.25) is 11.8 Å². The fraction of sp³-hybridized carbons (Fsp3) is 0.353. The van der Waals surface area contributed by atoms with Gasteiger partial charge in [-0.15, -0.1) is 0 Å². The van der Waals surface area contributed by atoms with Crippen molar-refractivity contribution in [3.8, 4) is 0 Å². The number of nitrogens with one attached hydrogen (secondary N) is 3. The van der Waals surface area contributed by atoms with Gasteiger partial charge < -0.3 is 31.9 Å². The van der Waals surface area contributed by atoms with Gasteiger partial charge in [-0.1, -0.05) is 12.1 Å². The zero-order chi connectivity index (χ0) is 20.1. The minimum absolute atomic E-state index is 0.0805. The Bertz CT molecular complexity index is 769. The first-order valence-electron chi connectivity index (χ1n) is 8.17. The molecule has 1 aliphatic rings. The minimum atomic E-state index is -1.35. The Hall–Kier alpha value is -2.98. The van der Waals surface area contributed by atoms with Crippen LogP contribution >= 0.6 is 0 Å². The van der Waals surface area contributed by atoms with E-state index >= 15 is 0 Å². The number of carbonyl (C=O) groups excluding carboxylic acids is 3. The van der Waals surface area contributed by atoms with E-state index in [1.807, 2.05) is 0 Å². The molecule has 7 N–H and O–H groups in total. The van der Waals surface area contributed by atoms with Gasteiger partial charge in [-0.25, -0.2) is 9.18 Å². The summed E-state index contributed by atoms with van der Waals surface area (Å²) < 4.78 is 13.2. The maximum Gasteiger partial charge on any atom is 0.319 e. The Morgan fingerprint density at radius 1 is 1.30 bits per heavy atom. The number of hydrogen-bond acceptors (Lipinski definition) is 5. The van der Waals surface area contributed by atoms with Crippen LogP contribution in [0, 0.1) is 5.82 Å². The second kappa shape index (κ2) is 8.60. The van der Waals surface area contributed by atoms with Gasteiger partial charge in [-0.05, 0) is 25.1 Å². The fourth-order valence-electron chi connectivity index (χ4n) is 2.51. The van der Waals surface area contributed by atoms with E-state index < -0.39 is 48.0 Å². The second-order valence-electron chi connectivity index (χ2n) is 6.19.